The molecule has 0 spiro atoms. The van der Waals surface area contributed by atoms with Gasteiger partial charge >= 0.3 is 0 Å². The Morgan fingerprint density at radius 3 is 2.67 bits per heavy atom. The Morgan fingerprint density at radius 1 is 1.28 bits per heavy atom. The van der Waals surface area contributed by atoms with E-state index in [1.165, 1.54) is 11.1 Å². The molecule has 0 atom stereocenters. The van der Waals surface area contributed by atoms with Gasteiger partial charge in [-0.3, -0.25) is 4.98 Å². The fourth-order valence-corrected chi connectivity index (χ4v) is 2.32. The van der Waals surface area contributed by atoms with Crippen molar-refractivity contribution >= 4 is 16.6 Å². The lowest BCUT2D eigenvalue weighted by Gasteiger charge is -2.29. The third-order valence-corrected chi connectivity index (χ3v) is 3.13. The van der Waals surface area contributed by atoms with E-state index in [2.05, 4.69) is 48.0 Å². The quantitative estimate of drug-likeness (QED) is 0.897. The van der Waals surface area contributed by atoms with Crippen LogP contribution in [0.15, 0.2) is 30.3 Å². The summed E-state index contributed by atoms with van der Waals surface area (Å²) in [4.78, 5) is 6.92. The molecule has 0 bridgehead atoms. The lowest BCUT2D eigenvalue weighted by molar-refractivity contribution is 0.686. The number of aromatic nitrogens is 1. The second-order valence-electron chi connectivity index (χ2n) is 4.88. The van der Waals surface area contributed by atoms with Crippen molar-refractivity contribution in [2.75, 3.05) is 18.0 Å². The van der Waals surface area contributed by atoms with Crippen LogP contribution in [-0.2, 0) is 0 Å². The van der Waals surface area contributed by atoms with Gasteiger partial charge in [-0.25, -0.2) is 0 Å². The minimum Gasteiger partial charge on any atom is -0.367 e. The van der Waals surface area contributed by atoms with E-state index < -0.39 is 0 Å². The number of hydrogen-bond acceptors (Lipinski definition) is 3. The van der Waals surface area contributed by atoms with Gasteiger partial charge in [0.1, 0.15) is 0 Å². The number of nitrogens with zero attached hydrogens (tertiary/aromatic N) is 2. The first-order valence-electron chi connectivity index (χ1n) is 6.46. The number of para-hydroxylation sites is 1. The van der Waals surface area contributed by atoms with Gasteiger partial charge in [0, 0.05) is 35.9 Å². The summed E-state index contributed by atoms with van der Waals surface area (Å²) in [7, 11) is 0. The van der Waals surface area contributed by atoms with E-state index in [0.717, 1.165) is 17.8 Å². The lowest BCUT2D eigenvalue weighted by Crippen LogP contribution is -2.35. The first kappa shape index (κ1) is 12.8. The molecular formula is C15H21N3. The van der Waals surface area contributed by atoms with Gasteiger partial charge in [0.2, 0.25) is 0 Å². The summed E-state index contributed by atoms with van der Waals surface area (Å²) in [5, 5.41) is 1.20. The van der Waals surface area contributed by atoms with Gasteiger partial charge in [-0.15, -0.1) is 0 Å². The van der Waals surface area contributed by atoms with Crippen molar-refractivity contribution in [3.05, 3.63) is 36.0 Å². The molecule has 2 aromatic rings. The number of aryl methyl sites for hydroxylation is 1. The molecular weight excluding hydrogens is 222 g/mol. The van der Waals surface area contributed by atoms with Gasteiger partial charge in [-0.2, -0.15) is 0 Å². The molecule has 0 aliphatic rings. The predicted octanol–water partition coefficient (Wildman–Crippen LogP) is 2.72. The van der Waals surface area contributed by atoms with Crippen LogP contribution in [-0.4, -0.2) is 24.1 Å². The Bertz CT molecular complexity index is 534. The number of anilines is 1. The summed E-state index contributed by atoms with van der Waals surface area (Å²) in [5.41, 5.74) is 9.06. The van der Waals surface area contributed by atoms with Gasteiger partial charge in [0.25, 0.3) is 0 Å². The summed E-state index contributed by atoms with van der Waals surface area (Å²) in [6, 6.07) is 10.9. The molecule has 0 saturated heterocycles. The number of pyridine rings is 1. The van der Waals surface area contributed by atoms with E-state index in [1.807, 2.05) is 13.0 Å². The maximum Gasteiger partial charge on any atom is 0.0726 e. The minimum atomic E-state index is 0.429. The Labute approximate surface area is 109 Å². The van der Waals surface area contributed by atoms with Gasteiger partial charge in [0.15, 0.2) is 0 Å². The maximum absolute atomic E-state index is 5.73. The number of rotatable bonds is 4. The molecule has 0 saturated carbocycles. The Balaban J connectivity index is 2.60. The second kappa shape index (κ2) is 5.36. The molecule has 96 valence electrons. The Hall–Kier alpha value is -1.61. The molecule has 0 amide bonds. The van der Waals surface area contributed by atoms with Crippen molar-refractivity contribution < 1.29 is 0 Å². The molecule has 3 nitrogen and oxygen atoms in total. The number of hydrogen-bond donors (Lipinski definition) is 1. The SMILES string of the molecule is Cc1cc(N(CCN)C(C)C)c2ccccc2n1. The van der Waals surface area contributed by atoms with Gasteiger partial charge < -0.3 is 10.6 Å². The molecule has 0 unspecified atom stereocenters. The van der Waals surface area contributed by atoms with Crippen LogP contribution in [0.2, 0.25) is 0 Å². The van der Waals surface area contributed by atoms with E-state index >= 15 is 0 Å². The highest BCUT2D eigenvalue weighted by atomic mass is 15.2. The first-order chi connectivity index (χ1) is 8.63. The summed E-state index contributed by atoms with van der Waals surface area (Å²) >= 11 is 0. The van der Waals surface area contributed by atoms with Crippen LogP contribution >= 0.6 is 0 Å². The summed E-state index contributed by atoms with van der Waals surface area (Å²) in [6.07, 6.45) is 0. The van der Waals surface area contributed by atoms with Crippen LogP contribution in [0.3, 0.4) is 0 Å². The van der Waals surface area contributed by atoms with Crippen LogP contribution in [0.5, 0.6) is 0 Å². The van der Waals surface area contributed by atoms with E-state index in [9.17, 15) is 0 Å². The smallest absolute Gasteiger partial charge is 0.0726 e. The maximum atomic E-state index is 5.73. The first-order valence-corrected chi connectivity index (χ1v) is 6.46. The van der Waals surface area contributed by atoms with Crippen molar-refractivity contribution in [3.63, 3.8) is 0 Å². The number of nitrogens with two attached hydrogens (primary N) is 1. The molecule has 3 heteroatoms. The topological polar surface area (TPSA) is 42.1 Å². The van der Waals surface area contributed by atoms with Crippen molar-refractivity contribution in [1.29, 1.82) is 0 Å². The molecule has 0 radical (unpaired) electrons. The molecule has 0 aliphatic carbocycles. The number of benzene rings is 1. The zero-order valence-electron chi connectivity index (χ0n) is 11.4. The normalized spacial score (nSPS) is 11.2. The highest BCUT2D eigenvalue weighted by Crippen LogP contribution is 2.27. The standard InChI is InChI=1S/C15H21N3/c1-11(2)18(9-8-16)15-10-12(3)17-14-7-5-4-6-13(14)15/h4-7,10-11H,8-9,16H2,1-3H3. The van der Waals surface area contributed by atoms with Gasteiger partial charge in [0.05, 0.1) is 5.52 Å². The molecule has 2 N–H and O–H groups in total. The van der Waals surface area contributed by atoms with E-state index in [1.54, 1.807) is 0 Å². The van der Waals surface area contributed by atoms with Gasteiger partial charge in [-0.1, -0.05) is 18.2 Å². The highest BCUT2D eigenvalue weighted by molar-refractivity contribution is 5.92. The highest BCUT2D eigenvalue weighted by Gasteiger charge is 2.13. The minimum absolute atomic E-state index is 0.429. The zero-order chi connectivity index (χ0) is 13.1. The molecule has 18 heavy (non-hydrogen) atoms. The average Bonchev–Trinajstić information content (AvgIpc) is 2.34. The molecule has 0 aliphatic heterocycles. The largest absolute Gasteiger partial charge is 0.367 e. The van der Waals surface area contributed by atoms with Crippen LogP contribution in [0.4, 0.5) is 5.69 Å². The summed E-state index contributed by atoms with van der Waals surface area (Å²) in [5.74, 6) is 0. The van der Waals surface area contributed by atoms with Crippen LogP contribution < -0.4 is 10.6 Å². The van der Waals surface area contributed by atoms with Crippen LogP contribution in [0.1, 0.15) is 19.5 Å². The van der Waals surface area contributed by atoms with E-state index in [4.69, 9.17) is 5.73 Å². The Kier molecular flexibility index (Phi) is 3.82. The zero-order valence-corrected chi connectivity index (χ0v) is 11.4. The van der Waals surface area contributed by atoms with Crippen LogP contribution in [0, 0.1) is 6.92 Å². The summed E-state index contributed by atoms with van der Waals surface area (Å²) < 4.78 is 0. The van der Waals surface area contributed by atoms with E-state index in [-0.39, 0.29) is 0 Å². The van der Waals surface area contributed by atoms with Crippen molar-refractivity contribution in [3.8, 4) is 0 Å². The number of fused-ring (bicyclic) bond motifs is 1. The lowest BCUT2D eigenvalue weighted by atomic mass is 10.1. The van der Waals surface area contributed by atoms with Crippen molar-refractivity contribution in [2.45, 2.75) is 26.8 Å². The molecule has 0 fully saturated rings. The molecule has 2 rings (SSSR count). The fraction of sp³-hybridized carbons (Fsp3) is 0.400. The summed E-state index contributed by atoms with van der Waals surface area (Å²) in [6.45, 7) is 7.95. The third kappa shape index (κ3) is 2.46. The molecule has 1 heterocycles. The fourth-order valence-electron chi connectivity index (χ4n) is 2.32. The van der Waals surface area contributed by atoms with Crippen molar-refractivity contribution in [1.82, 2.24) is 4.98 Å². The van der Waals surface area contributed by atoms with Crippen molar-refractivity contribution in [2.24, 2.45) is 5.73 Å². The van der Waals surface area contributed by atoms with Gasteiger partial charge in [-0.05, 0) is 32.9 Å². The third-order valence-electron chi connectivity index (χ3n) is 3.13. The predicted molar refractivity (Wildman–Crippen MR) is 78.0 cm³/mol. The molecule has 1 aromatic heterocycles. The second-order valence-corrected chi connectivity index (χ2v) is 4.88. The molecule has 1 aromatic carbocycles. The average molecular weight is 243 g/mol. The monoisotopic (exact) mass is 243 g/mol. The Morgan fingerprint density at radius 2 is 2.00 bits per heavy atom. The van der Waals surface area contributed by atoms with Crippen LogP contribution in [0.25, 0.3) is 10.9 Å². The van der Waals surface area contributed by atoms with E-state index in [0.29, 0.717) is 12.6 Å².